The van der Waals surface area contributed by atoms with Gasteiger partial charge in [0.25, 0.3) is 5.56 Å². The van der Waals surface area contributed by atoms with Crippen molar-refractivity contribution in [2.75, 3.05) is 7.05 Å². The summed E-state index contributed by atoms with van der Waals surface area (Å²) < 4.78 is 13.2. The van der Waals surface area contributed by atoms with Crippen LogP contribution in [-0.2, 0) is 13.1 Å². The Morgan fingerprint density at radius 2 is 1.86 bits per heavy atom. The van der Waals surface area contributed by atoms with Crippen LogP contribution in [0.15, 0.2) is 52.6 Å². The Morgan fingerprint density at radius 3 is 2.59 bits per heavy atom. The standard InChI is InChI=1S/C23H22FN3OS/c1-14-4-5-17(15(2)10-14)11-27(3)12-20-25-22(28)21-19(13-29-23(21)26-20)16-6-8-18(24)9-7-16/h4-10,13H,11-12H2,1-3H3,(H,25,26,28). The van der Waals surface area contributed by atoms with Crippen LogP contribution in [-0.4, -0.2) is 21.9 Å². The van der Waals surface area contributed by atoms with Crippen molar-refractivity contribution in [2.24, 2.45) is 0 Å². The predicted molar refractivity (Wildman–Crippen MR) is 117 cm³/mol. The minimum absolute atomic E-state index is 0.162. The second-order valence-corrected chi connectivity index (χ2v) is 8.31. The molecule has 0 aliphatic heterocycles. The summed E-state index contributed by atoms with van der Waals surface area (Å²) in [4.78, 5) is 23.2. The summed E-state index contributed by atoms with van der Waals surface area (Å²) in [6.45, 7) is 5.53. The van der Waals surface area contributed by atoms with Gasteiger partial charge in [0.15, 0.2) is 0 Å². The molecule has 0 bridgehead atoms. The summed E-state index contributed by atoms with van der Waals surface area (Å²) in [5.74, 6) is 0.344. The molecule has 6 heteroatoms. The van der Waals surface area contributed by atoms with Crippen molar-refractivity contribution in [3.05, 3.63) is 86.5 Å². The Morgan fingerprint density at radius 1 is 1.10 bits per heavy atom. The number of H-pyrrole nitrogens is 1. The first-order chi connectivity index (χ1) is 13.9. The summed E-state index contributed by atoms with van der Waals surface area (Å²) in [6.07, 6.45) is 0. The van der Waals surface area contributed by atoms with E-state index < -0.39 is 0 Å². The fraction of sp³-hybridized carbons (Fsp3) is 0.217. The molecule has 29 heavy (non-hydrogen) atoms. The molecule has 0 saturated heterocycles. The highest BCUT2D eigenvalue weighted by atomic mass is 32.1. The molecule has 0 aliphatic carbocycles. The number of hydrogen-bond donors (Lipinski definition) is 1. The molecule has 0 spiro atoms. The summed E-state index contributed by atoms with van der Waals surface area (Å²) in [5, 5.41) is 2.46. The number of benzene rings is 2. The summed E-state index contributed by atoms with van der Waals surface area (Å²) in [7, 11) is 2.02. The summed E-state index contributed by atoms with van der Waals surface area (Å²) in [5.41, 5.74) is 5.20. The Kier molecular flexibility index (Phi) is 5.30. The number of thiophene rings is 1. The highest BCUT2D eigenvalue weighted by Gasteiger charge is 2.14. The van der Waals surface area contributed by atoms with E-state index in [0.29, 0.717) is 22.6 Å². The maximum Gasteiger partial charge on any atom is 0.260 e. The van der Waals surface area contributed by atoms with Gasteiger partial charge in [0.2, 0.25) is 0 Å². The zero-order chi connectivity index (χ0) is 20.5. The average molecular weight is 408 g/mol. The number of halogens is 1. The molecule has 0 saturated carbocycles. The van der Waals surface area contributed by atoms with Gasteiger partial charge in [-0.05, 0) is 49.7 Å². The molecule has 0 unspecified atom stereocenters. The van der Waals surface area contributed by atoms with E-state index in [9.17, 15) is 9.18 Å². The van der Waals surface area contributed by atoms with Crippen LogP contribution in [0.2, 0.25) is 0 Å². The van der Waals surface area contributed by atoms with Gasteiger partial charge in [-0.15, -0.1) is 11.3 Å². The maximum atomic E-state index is 13.2. The van der Waals surface area contributed by atoms with E-state index in [1.165, 1.54) is 40.2 Å². The highest BCUT2D eigenvalue weighted by Crippen LogP contribution is 2.30. The lowest BCUT2D eigenvalue weighted by Crippen LogP contribution is -2.22. The zero-order valence-corrected chi connectivity index (χ0v) is 17.4. The SMILES string of the molecule is Cc1ccc(CN(C)Cc2nc3scc(-c4ccc(F)cc4)c3c(=O)[nH]2)c(C)c1. The molecule has 1 N–H and O–H groups in total. The van der Waals surface area contributed by atoms with Gasteiger partial charge >= 0.3 is 0 Å². The minimum atomic E-state index is -0.297. The maximum absolute atomic E-state index is 13.2. The molecular weight excluding hydrogens is 385 g/mol. The van der Waals surface area contributed by atoms with Gasteiger partial charge in [0, 0.05) is 17.5 Å². The molecule has 148 valence electrons. The van der Waals surface area contributed by atoms with Gasteiger partial charge in [-0.2, -0.15) is 0 Å². The van der Waals surface area contributed by atoms with Crippen LogP contribution in [0.3, 0.4) is 0 Å². The Hall–Kier alpha value is -2.83. The van der Waals surface area contributed by atoms with E-state index in [0.717, 1.165) is 17.7 Å². The van der Waals surface area contributed by atoms with Crippen molar-refractivity contribution in [2.45, 2.75) is 26.9 Å². The average Bonchev–Trinajstić information content (AvgIpc) is 3.09. The Labute approximate surface area is 172 Å². The van der Waals surface area contributed by atoms with Crippen LogP contribution in [0.5, 0.6) is 0 Å². The van der Waals surface area contributed by atoms with E-state index in [-0.39, 0.29) is 11.4 Å². The lowest BCUT2D eigenvalue weighted by Gasteiger charge is -2.17. The molecule has 4 aromatic rings. The number of aryl methyl sites for hydroxylation is 2. The zero-order valence-electron chi connectivity index (χ0n) is 16.6. The predicted octanol–water partition coefficient (Wildman–Crippen LogP) is 5.04. The first-order valence-electron chi connectivity index (χ1n) is 9.41. The molecule has 2 aromatic carbocycles. The number of hydrogen-bond acceptors (Lipinski definition) is 4. The Bertz CT molecular complexity index is 1230. The van der Waals surface area contributed by atoms with Crippen LogP contribution in [0, 0.1) is 19.7 Å². The van der Waals surface area contributed by atoms with Gasteiger partial charge in [0.05, 0.1) is 11.9 Å². The summed E-state index contributed by atoms with van der Waals surface area (Å²) >= 11 is 1.43. The third kappa shape index (κ3) is 4.13. The number of fused-ring (bicyclic) bond motifs is 1. The van der Waals surface area contributed by atoms with Crippen LogP contribution in [0.4, 0.5) is 4.39 Å². The van der Waals surface area contributed by atoms with Crippen molar-refractivity contribution in [1.29, 1.82) is 0 Å². The third-order valence-corrected chi connectivity index (χ3v) is 5.88. The number of aromatic nitrogens is 2. The number of nitrogens with zero attached hydrogens (tertiary/aromatic N) is 2. The molecule has 4 rings (SSSR count). The van der Waals surface area contributed by atoms with Gasteiger partial charge < -0.3 is 4.98 Å². The second kappa shape index (κ2) is 7.89. The highest BCUT2D eigenvalue weighted by molar-refractivity contribution is 7.17. The van der Waals surface area contributed by atoms with Gasteiger partial charge in [-0.1, -0.05) is 35.9 Å². The van der Waals surface area contributed by atoms with Crippen molar-refractivity contribution in [3.8, 4) is 11.1 Å². The monoisotopic (exact) mass is 407 g/mol. The van der Waals surface area contributed by atoms with Crippen molar-refractivity contribution < 1.29 is 4.39 Å². The largest absolute Gasteiger partial charge is 0.309 e. The topological polar surface area (TPSA) is 49.0 Å². The lowest BCUT2D eigenvalue weighted by atomic mass is 10.1. The van der Waals surface area contributed by atoms with Crippen LogP contribution >= 0.6 is 11.3 Å². The fourth-order valence-electron chi connectivity index (χ4n) is 3.54. The molecule has 0 atom stereocenters. The van der Waals surface area contributed by atoms with E-state index in [1.807, 2.05) is 12.4 Å². The smallest absolute Gasteiger partial charge is 0.260 e. The molecule has 2 aromatic heterocycles. The molecular formula is C23H22FN3OS. The van der Waals surface area contributed by atoms with Gasteiger partial charge in [-0.25, -0.2) is 9.37 Å². The van der Waals surface area contributed by atoms with Crippen LogP contribution in [0.25, 0.3) is 21.3 Å². The fourth-order valence-corrected chi connectivity index (χ4v) is 4.50. The van der Waals surface area contributed by atoms with Crippen LogP contribution in [0.1, 0.15) is 22.5 Å². The molecule has 0 fully saturated rings. The van der Waals surface area contributed by atoms with E-state index in [2.05, 4.69) is 46.9 Å². The second-order valence-electron chi connectivity index (χ2n) is 7.45. The van der Waals surface area contributed by atoms with E-state index in [4.69, 9.17) is 0 Å². The minimum Gasteiger partial charge on any atom is -0.309 e. The molecule has 0 aliphatic rings. The first kappa shape index (κ1) is 19.5. The lowest BCUT2D eigenvalue weighted by molar-refractivity contribution is 0.310. The molecule has 2 heterocycles. The molecule has 4 nitrogen and oxygen atoms in total. The quantitative estimate of drug-likeness (QED) is 0.504. The Balaban J connectivity index is 1.59. The van der Waals surface area contributed by atoms with Crippen molar-refractivity contribution in [3.63, 3.8) is 0 Å². The van der Waals surface area contributed by atoms with E-state index in [1.54, 1.807) is 12.1 Å². The first-order valence-corrected chi connectivity index (χ1v) is 10.3. The van der Waals surface area contributed by atoms with E-state index >= 15 is 0 Å². The van der Waals surface area contributed by atoms with Crippen molar-refractivity contribution >= 4 is 21.6 Å². The number of nitrogens with one attached hydrogen (secondary N) is 1. The normalized spacial score (nSPS) is 11.5. The van der Waals surface area contributed by atoms with Crippen molar-refractivity contribution in [1.82, 2.24) is 14.9 Å². The summed E-state index contributed by atoms with van der Waals surface area (Å²) in [6, 6.07) is 12.6. The third-order valence-electron chi connectivity index (χ3n) is 5.01. The molecule has 0 amide bonds. The molecule has 0 radical (unpaired) electrons. The number of aromatic amines is 1. The number of rotatable bonds is 5. The van der Waals surface area contributed by atoms with Crippen LogP contribution < -0.4 is 5.56 Å². The van der Waals surface area contributed by atoms with Gasteiger partial charge in [0.1, 0.15) is 16.5 Å². The van der Waals surface area contributed by atoms with Gasteiger partial charge in [-0.3, -0.25) is 9.69 Å².